The zero-order valence-electron chi connectivity index (χ0n) is 26.6. The Morgan fingerprint density at radius 1 is 1.09 bits per heavy atom. The van der Waals surface area contributed by atoms with Crippen molar-refractivity contribution in [1.29, 1.82) is 0 Å². The average Bonchev–Trinajstić information content (AvgIpc) is 3.82. The molecule has 10 nitrogen and oxygen atoms in total. The van der Waals surface area contributed by atoms with Crippen LogP contribution in [0.4, 0.5) is 5.82 Å². The number of nitrogens with one attached hydrogen (secondary N) is 1. The Hall–Kier alpha value is -4.09. The molecule has 6 rings (SSSR count). The second-order valence-electron chi connectivity index (χ2n) is 12.7. The summed E-state index contributed by atoms with van der Waals surface area (Å²) >= 11 is 0. The van der Waals surface area contributed by atoms with Gasteiger partial charge in [-0.05, 0) is 79.5 Å². The summed E-state index contributed by atoms with van der Waals surface area (Å²) in [6.45, 7) is 1.03. The van der Waals surface area contributed by atoms with Crippen LogP contribution >= 0.6 is 0 Å². The first-order valence-electron chi connectivity index (χ1n) is 16.2. The molecule has 46 heavy (non-hydrogen) atoms. The van der Waals surface area contributed by atoms with Crippen molar-refractivity contribution in [2.45, 2.75) is 69.4 Å². The van der Waals surface area contributed by atoms with Crippen molar-refractivity contribution in [1.82, 2.24) is 25.0 Å². The maximum Gasteiger partial charge on any atom is 0.255 e. The molecule has 5 N–H and O–H groups in total. The number of nitrogen functional groups attached to an aromatic ring is 1. The Bertz CT molecular complexity index is 1650. The van der Waals surface area contributed by atoms with Gasteiger partial charge in [-0.2, -0.15) is 5.10 Å². The lowest BCUT2D eigenvalue weighted by atomic mass is 9.98. The number of aryl methyl sites for hydroxylation is 2. The number of aliphatic hydroxyl groups excluding tert-OH is 2. The third kappa shape index (κ3) is 7.15. The molecular formula is C36H44N6O4. The van der Waals surface area contributed by atoms with E-state index in [1.54, 1.807) is 23.1 Å². The Morgan fingerprint density at radius 2 is 1.89 bits per heavy atom. The number of anilines is 1. The molecule has 1 fully saturated rings. The lowest BCUT2D eigenvalue weighted by Crippen LogP contribution is -2.41. The lowest BCUT2D eigenvalue weighted by Gasteiger charge is -2.26. The smallest absolute Gasteiger partial charge is 0.255 e. The minimum absolute atomic E-state index is 0.0750. The van der Waals surface area contributed by atoms with E-state index in [1.165, 1.54) is 22.3 Å². The molecule has 2 unspecified atom stereocenters. The van der Waals surface area contributed by atoms with Crippen molar-refractivity contribution in [3.8, 4) is 22.3 Å². The summed E-state index contributed by atoms with van der Waals surface area (Å²) in [5.41, 5.74) is 14.3. The van der Waals surface area contributed by atoms with Gasteiger partial charge in [0.05, 0.1) is 43.2 Å². The van der Waals surface area contributed by atoms with E-state index in [2.05, 4.69) is 69.8 Å². The lowest BCUT2D eigenvalue weighted by molar-refractivity contribution is 0.0272. The number of hydrogen-bond donors (Lipinski definition) is 4. The van der Waals surface area contributed by atoms with E-state index in [1.807, 2.05) is 13.2 Å². The SMILES string of the molecule is CN(CCC(O)CO)C1CCc2cc(-c3ccc(CO[C@H]4CCC[C@@H]4NC(=O)c4cc(-c5cnn(C)c5)cnc4N)cc3)ccc21. The Balaban J connectivity index is 1.04. The van der Waals surface area contributed by atoms with E-state index in [0.717, 1.165) is 55.3 Å². The highest BCUT2D eigenvalue weighted by Gasteiger charge is 2.30. The number of ether oxygens (including phenoxy) is 1. The molecule has 0 spiro atoms. The molecule has 0 saturated heterocycles. The summed E-state index contributed by atoms with van der Waals surface area (Å²) in [6, 6.07) is 17.3. The summed E-state index contributed by atoms with van der Waals surface area (Å²) < 4.78 is 8.05. The van der Waals surface area contributed by atoms with Crippen LogP contribution in [-0.4, -0.2) is 74.2 Å². The second-order valence-corrected chi connectivity index (χ2v) is 12.7. The highest BCUT2D eigenvalue weighted by molar-refractivity contribution is 5.99. The second kappa shape index (κ2) is 14.1. The number of benzene rings is 2. The van der Waals surface area contributed by atoms with E-state index in [-0.39, 0.29) is 30.5 Å². The summed E-state index contributed by atoms with van der Waals surface area (Å²) in [6.07, 6.45) is 9.92. The number of carbonyl (C=O) groups excluding carboxylic acids is 1. The highest BCUT2D eigenvalue weighted by Crippen LogP contribution is 2.37. The molecule has 4 atom stereocenters. The number of nitrogens with two attached hydrogens (primary N) is 1. The molecule has 1 saturated carbocycles. The van der Waals surface area contributed by atoms with Crippen LogP contribution in [0.25, 0.3) is 22.3 Å². The van der Waals surface area contributed by atoms with Crippen molar-refractivity contribution < 1.29 is 19.7 Å². The van der Waals surface area contributed by atoms with Gasteiger partial charge in [0, 0.05) is 43.2 Å². The van der Waals surface area contributed by atoms with Crippen LogP contribution in [0.2, 0.25) is 0 Å². The van der Waals surface area contributed by atoms with Gasteiger partial charge >= 0.3 is 0 Å². The molecule has 242 valence electrons. The van der Waals surface area contributed by atoms with Gasteiger partial charge in [0.1, 0.15) is 5.82 Å². The van der Waals surface area contributed by atoms with E-state index in [4.69, 9.17) is 15.6 Å². The monoisotopic (exact) mass is 624 g/mol. The number of hydrogen-bond acceptors (Lipinski definition) is 8. The highest BCUT2D eigenvalue weighted by atomic mass is 16.5. The molecule has 0 bridgehead atoms. The van der Waals surface area contributed by atoms with Gasteiger partial charge in [-0.25, -0.2) is 4.98 Å². The largest absolute Gasteiger partial charge is 0.394 e. The van der Waals surface area contributed by atoms with Crippen LogP contribution in [0.3, 0.4) is 0 Å². The van der Waals surface area contributed by atoms with E-state index < -0.39 is 6.10 Å². The first kappa shape index (κ1) is 31.9. The van der Waals surface area contributed by atoms with Crippen molar-refractivity contribution in [3.63, 3.8) is 0 Å². The fraction of sp³-hybridized carbons (Fsp3) is 0.417. The molecular weight excluding hydrogens is 580 g/mol. The van der Waals surface area contributed by atoms with Gasteiger partial charge in [0.15, 0.2) is 0 Å². The molecule has 2 heterocycles. The number of pyridine rings is 1. The fourth-order valence-electron chi connectivity index (χ4n) is 6.75. The van der Waals surface area contributed by atoms with Gasteiger partial charge in [-0.1, -0.05) is 42.5 Å². The van der Waals surface area contributed by atoms with Crippen LogP contribution in [0.5, 0.6) is 0 Å². The zero-order chi connectivity index (χ0) is 32.2. The van der Waals surface area contributed by atoms with Gasteiger partial charge in [0.25, 0.3) is 5.91 Å². The Labute approximate surface area is 270 Å². The quantitative estimate of drug-likeness (QED) is 0.183. The Morgan fingerprint density at radius 3 is 2.65 bits per heavy atom. The maximum absolute atomic E-state index is 13.3. The Kier molecular flexibility index (Phi) is 9.79. The molecule has 1 amide bonds. The van der Waals surface area contributed by atoms with Gasteiger partial charge < -0.3 is 26.0 Å². The molecule has 4 aromatic rings. The maximum atomic E-state index is 13.3. The number of rotatable bonds is 12. The van der Waals surface area contributed by atoms with Crippen LogP contribution in [0.15, 0.2) is 67.1 Å². The van der Waals surface area contributed by atoms with Crippen molar-refractivity contribution in [3.05, 3.63) is 89.4 Å². The van der Waals surface area contributed by atoms with Crippen molar-refractivity contribution in [2.75, 3.05) is 25.9 Å². The third-order valence-corrected chi connectivity index (χ3v) is 9.47. The topological polar surface area (TPSA) is 139 Å². The number of nitrogens with zero attached hydrogens (tertiary/aromatic N) is 4. The summed E-state index contributed by atoms with van der Waals surface area (Å²) in [5, 5.41) is 26.2. The normalized spacial score (nSPS) is 19.8. The van der Waals surface area contributed by atoms with Gasteiger partial charge in [-0.3, -0.25) is 14.4 Å². The molecule has 2 aromatic carbocycles. The number of aromatic nitrogens is 3. The molecule has 2 aromatic heterocycles. The zero-order valence-corrected chi connectivity index (χ0v) is 26.6. The van der Waals surface area contributed by atoms with E-state index in [9.17, 15) is 9.90 Å². The predicted molar refractivity (Wildman–Crippen MR) is 178 cm³/mol. The first-order valence-corrected chi connectivity index (χ1v) is 16.2. The molecule has 0 radical (unpaired) electrons. The summed E-state index contributed by atoms with van der Waals surface area (Å²) in [7, 11) is 3.94. The van der Waals surface area contributed by atoms with Crippen LogP contribution in [0.1, 0.15) is 65.2 Å². The average molecular weight is 625 g/mol. The standard InChI is InChI=1S/C36H44N6O4/c1-41(15-14-29(44)21-43)33-13-11-26-16-25(10-12-30(26)33)24-8-6-23(7-9-24)22-46-34-5-3-4-32(34)40-36(45)31-17-27(18-38-35(31)37)28-19-39-42(2)20-28/h6-10,12,16-20,29,32-34,43-44H,3-5,11,13-15,21-22H2,1-2H3,(H2,37,38)(H,40,45)/t29?,32-,33?,34-/m0/s1. The summed E-state index contributed by atoms with van der Waals surface area (Å²) in [5.74, 6) is -0.0420. The van der Waals surface area contributed by atoms with Gasteiger partial charge in [0.2, 0.25) is 0 Å². The van der Waals surface area contributed by atoms with Crippen LogP contribution in [0, 0.1) is 0 Å². The van der Waals surface area contributed by atoms with Crippen LogP contribution in [-0.2, 0) is 24.8 Å². The van der Waals surface area contributed by atoms with E-state index >= 15 is 0 Å². The number of fused-ring (bicyclic) bond motifs is 1. The molecule has 10 heteroatoms. The fourth-order valence-corrected chi connectivity index (χ4v) is 6.75. The van der Waals surface area contributed by atoms with Crippen LogP contribution < -0.4 is 11.1 Å². The number of amides is 1. The van der Waals surface area contributed by atoms with Crippen molar-refractivity contribution >= 4 is 11.7 Å². The molecule has 2 aliphatic carbocycles. The number of carbonyl (C=O) groups is 1. The third-order valence-electron chi connectivity index (χ3n) is 9.47. The van der Waals surface area contributed by atoms with Gasteiger partial charge in [-0.15, -0.1) is 0 Å². The molecule has 0 aliphatic heterocycles. The predicted octanol–water partition coefficient (Wildman–Crippen LogP) is 4.26. The summed E-state index contributed by atoms with van der Waals surface area (Å²) in [4.78, 5) is 19.8. The van der Waals surface area contributed by atoms with Crippen molar-refractivity contribution in [2.24, 2.45) is 7.05 Å². The number of aliphatic hydroxyl groups is 2. The first-order chi connectivity index (χ1) is 22.3. The minimum Gasteiger partial charge on any atom is -0.394 e. The van der Waals surface area contributed by atoms with E-state index in [0.29, 0.717) is 24.6 Å². The molecule has 2 aliphatic rings. The minimum atomic E-state index is -0.663.